The van der Waals surface area contributed by atoms with Crippen molar-refractivity contribution in [3.63, 3.8) is 0 Å². The summed E-state index contributed by atoms with van der Waals surface area (Å²) in [6, 6.07) is 17.0. The van der Waals surface area contributed by atoms with Crippen molar-refractivity contribution < 1.29 is 22.6 Å². The first kappa shape index (κ1) is 32.3. The molecule has 0 aliphatic heterocycles. The molecule has 0 aliphatic rings. The van der Waals surface area contributed by atoms with Crippen LogP contribution in [0.4, 0.5) is 0 Å². The number of aryl methyl sites for hydroxylation is 1. The van der Waals surface area contributed by atoms with Gasteiger partial charge in [0.1, 0.15) is 22.7 Å². The Morgan fingerprint density at radius 2 is 1.28 bits per heavy atom. The maximum Gasteiger partial charge on any atom is 0.124 e. The number of benzene rings is 2. The quantitative estimate of drug-likeness (QED) is 0.152. The third-order valence-electron chi connectivity index (χ3n) is 6.92. The molecule has 2 aromatic rings. The van der Waals surface area contributed by atoms with Crippen LogP contribution in [0.3, 0.4) is 0 Å². The van der Waals surface area contributed by atoms with Crippen molar-refractivity contribution >= 4 is 10.1 Å². The maximum absolute atomic E-state index is 10.8. The van der Waals surface area contributed by atoms with Crippen LogP contribution in [-0.2, 0) is 23.1 Å². The van der Waals surface area contributed by atoms with Crippen molar-refractivity contribution in [2.75, 3.05) is 20.7 Å². The molecular weight excluding hydrogens is 470 g/mol. The Bertz CT molecular complexity index is 912. The average molecular weight is 520 g/mol. The molecule has 1 atom stereocenters. The second-order valence-corrected chi connectivity index (χ2v) is 11.9. The molecule has 204 valence electrons. The van der Waals surface area contributed by atoms with Gasteiger partial charge in [-0.05, 0) is 37.5 Å². The van der Waals surface area contributed by atoms with Crippen LogP contribution >= 0.6 is 0 Å². The Kier molecular flexibility index (Phi) is 15.9. The maximum atomic E-state index is 10.8. The van der Waals surface area contributed by atoms with E-state index in [4.69, 9.17) is 5.11 Å². The highest BCUT2D eigenvalue weighted by atomic mass is 32.2. The number of hydrogen-bond acceptors (Lipinski definition) is 4. The lowest BCUT2D eigenvalue weighted by molar-refractivity contribution is -0.926. The van der Waals surface area contributed by atoms with E-state index in [0.717, 1.165) is 29.4 Å². The first-order chi connectivity index (χ1) is 17.1. The van der Waals surface area contributed by atoms with Crippen LogP contribution in [0, 0.1) is 0 Å². The van der Waals surface area contributed by atoms with Crippen molar-refractivity contribution in [2.45, 2.75) is 102 Å². The summed E-state index contributed by atoms with van der Waals surface area (Å²) in [5.74, 6) is 0. The van der Waals surface area contributed by atoms with E-state index in [9.17, 15) is 13.0 Å². The highest BCUT2D eigenvalue weighted by Gasteiger charge is 2.23. The molecule has 6 heteroatoms. The Labute approximate surface area is 220 Å². The van der Waals surface area contributed by atoms with Crippen molar-refractivity contribution in [2.24, 2.45) is 0 Å². The number of unbranched alkanes of at least 4 members (excludes halogenated alkanes) is 9. The van der Waals surface area contributed by atoms with Gasteiger partial charge in [-0.15, -0.1) is 0 Å². The van der Waals surface area contributed by atoms with Crippen molar-refractivity contribution in [3.8, 4) is 0 Å². The van der Waals surface area contributed by atoms with Crippen molar-refractivity contribution in [1.82, 2.24) is 0 Å². The van der Waals surface area contributed by atoms with Gasteiger partial charge in [0.25, 0.3) is 0 Å². The minimum absolute atomic E-state index is 0.140. The third-order valence-corrected chi connectivity index (χ3v) is 7.77. The van der Waals surface area contributed by atoms with Gasteiger partial charge in [0.2, 0.25) is 0 Å². The Morgan fingerprint density at radius 3 is 1.75 bits per heavy atom. The fraction of sp³-hybridized carbons (Fsp3) is 0.600. The normalized spacial score (nSPS) is 12.6. The average Bonchev–Trinajstić information content (AvgIpc) is 2.85. The number of nitrogens with zero attached hydrogens (tertiary/aromatic N) is 1. The number of hydrogen-bond donors (Lipinski definition) is 1. The van der Waals surface area contributed by atoms with Gasteiger partial charge >= 0.3 is 0 Å². The molecule has 2 rings (SSSR count). The first-order valence-electron chi connectivity index (χ1n) is 13.6. The summed E-state index contributed by atoms with van der Waals surface area (Å²) in [5, 5.41) is 9.13. The topological polar surface area (TPSA) is 77.4 Å². The van der Waals surface area contributed by atoms with Crippen LogP contribution < -0.4 is 0 Å². The summed E-state index contributed by atoms with van der Waals surface area (Å²) in [5.41, 5.74) is 2.42. The molecule has 0 bridgehead atoms. The van der Waals surface area contributed by atoms with Crippen molar-refractivity contribution in [1.29, 1.82) is 0 Å². The van der Waals surface area contributed by atoms with Crippen LogP contribution in [0.5, 0.6) is 0 Å². The van der Waals surface area contributed by atoms with Crippen molar-refractivity contribution in [3.05, 3.63) is 65.7 Å². The van der Waals surface area contributed by atoms with Gasteiger partial charge in [-0.3, -0.25) is 0 Å². The Balaban J connectivity index is 0.000000397. The van der Waals surface area contributed by atoms with E-state index in [1.807, 2.05) is 6.07 Å². The lowest BCUT2D eigenvalue weighted by atomic mass is 10.0. The second-order valence-electron chi connectivity index (χ2n) is 10.5. The first-order valence-corrected chi connectivity index (χ1v) is 15.0. The highest BCUT2D eigenvalue weighted by Crippen LogP contribution is 2.15. The largest absolute Gasteiger partial charge is 0.744 e. The van der Waals surface area contributed by atoms with E-state index in [0.29, 0.717) is 0 Å². The summed E-state index contributed by atoms with van der Waals surface area (Å²) in [4.78, 5) is -0.140. The van der Waals surface area contributed by atoms with Crippen LogP contribution in [-0.4, -0.2) is 49.3 Å². The highest BCUT2D eigenvalue weighted by molar-refractivity contribution is 7.85. The minimum Gasteiger partial charge on any atom is -0.744 e. The van der Waals surface area contributed by atoms with E-state index < -0.39 is 10.1 Å². The van der Waals surface area contributed by atoms with Gasteiger partial charge in [-0.2, -0.15) is 0 Å². The molecule has 0 saturated carbocycles. The molecule has 0 amide bonds. The van der Waals surface area contributed by atoms with Crippen LogP contribution in [0.25, 0.3) is 0 Å². The number of aliphatic hydroxyl groups is 1. The summed E-state index contributed by atoms with van der Waals surface area (Å²) in [6.07, 6.45) is 14.0. The SMILES string of the molecule is CC(CO)[N+](C)(C)Cc1ccccc1.CCCCCCCCCCCCc1ccc(S(=O)(=O)[O-])cc1. The number of quaternary nitrogens is 1. The summed E-state index contributed by atoms with van der Waals surface area (Å²) >= 11 is 0. The summed E-state index contributed by atoms with van der Waals surface area (Å²) < 4.78 is 33.3. The number of aliphatic hydroxyl groups excluding tert-OH is 1. The van der Waals surface area contributed by atoms with Gasteiger partial charge in [0.15, 0.2) is 0 Å². The molecule has 0 aliphatic carbocycles. The minimum atomic E-state index is -4.31. The fourth-order valence-electron chi connectivity index (χ4n) is 4.07. The lowest BCUT2D eigenvalue weighted by Crippen LogP contribution is -2.48. The predicted octanol–water partition coefficient (Wildman–Crippen LogP) is 6.70. The molecule has 2 aromatic carbocycles. The fourth-order valence-corrected chi connectivity index (χ4v) is 4.54. The van der Waals surface area contributed by atoms with Gasteiger partial charge < -0.3 is 14.1 Å². The molecule has 5 nitrogen and oxygen atoms in total. The predicted molar refractivity (Wildman–Crippen MR) is 149 cm³/mol. The molecule has 36 heavy (non-hydrogen) atoms. The van der Waals surface area contributed by atoms with Gasteiger partial charge in [-0.1, -0.05) is 107 Å². The standard InChI is InChI=1S/C18H30O3S.C12H20NO/c1-2-3-4-5-6-7-8-9-10-11-12-17-13-15-18(16-14-17)22(19,20)21;1-11(10-14)13(2,3)9-12-7-5-4-6-8-12/h13-16H,2-12H2,1H3,(H,19,20,21);4-8,11,14H,9-10H2,1-3H3/q;+1/p-1. The Morgan fingerprint density at radius 1 is 0.778 bits per heavy atom. The monoisotopic (exact) mass is 519 g/mol. The number of rotatable bonds is 16. The zero-order valence-electron chi connectivity index (χ0n) is 23.0. The summed E-state index contributed by atoms with van der Waals surface area (Å²) in [6.45, 7) is 5.51. The van der Waals surface area contributed by atoms with E-state index in [1.165, 1.54) is 75.5 Å². The molecule has 0 aromatic heterocycles. The van der Waals surface area contributed by atoms with E-state index in [2.05, 4.69) is 52.2 Å². The second kappa shape index (κ2) is 17.7. The van der Waals surface area contributed by atoms with Crippen LogP contribution in [0.2, 0.25) is 0 Å². The van der Waals surface area contributed by atoms with E-state index in [1.54, 1.807) is 12.1 Å². The third kappa shape index (κ3) is 14.1. The lowest BCUT2D eigenvalue weighted by Gasteiger charge is -2.35. The zero-order valence-corrected chi connectivity index (χ0v) is 23.8. The van der Waals surface area contributed by atoms with Crippen LogP contribution in [0.15, 0.2) is 59.5 Å². The van der Waals surface area contributed by atoms with Crippen LogP contribution in [0.1, 0.15) is 89.2 Å². The number of likely N-dealkylation sites (N-methyl/N-ethyl adjacent to an activating group) is 1. The molecule has 0 fully saturated rings. The molecule has 0 saturated heterocycles. The molecule has 0 heterocycles. The molecule has 0 spiro atoms. The Hall–Kier alpha value is -1.73. The zero-order chi connectivity index (χ0) is 26.9. The molecular formula is C30H49NO4S. The molecule has 0 radical (unpaired) electrons. The van der Waals surface area contributed by atoms with E-state index >= 15 is 0 Å². The van der Waals surface area contributed by atoms with Gasteiger partial charge in [0.05, 0.1) is 25.6 Å². The summed E-state index contributed by atoms with van der Waals surface area (Å²) in [7, 11) is -0.0202. The van der Waals surface area contributed by atoms with E-state index in [-0.39, 0.29) is 17.5 Å². The molecule has 1 N–H and O–H groups in total. The smallest absolute Gasteiger partial charge is 0.124 e. The van der Waals surface area contributed by atoms with Gasteiger partial charge in [-0.25, -0.2) is 8.42 Å². The van der Waals surface area contributed by atoms with Gasteiger partial charge in [0, 0.05) is 5.56 Å². The molecule has 1 unspecified atom stereocenters.